The fraction of sp³-hybridized carbons (Fsp3) is 0.556. The van der Waals surface area contributed by atoms with Gasteiger partial charge in [-0.25, -0.2) is 0 Å². The van der Waals surface area contributed by atoms with E-state index < -0.39 is 0 Å². The van der Waals surface area contributed by atoms with Crippen molar-refractivity contribution in [3.05, 3.63) is 24.2 Å². The van der Waals surface area contributed by atoms with E-state index in [0.717, 1.165) is 0 Å². The summed E-state index contributed by atoms with van der Waals surface area (Å²) < 4.78 is 4.99. The first-order valence-electron chi connectivity index (χ1n) is 3.74. The van der Waals surface area contributed by atoms with Gasteiger partial charge in [0.25, 0.3) is 0 Å². The number of furan rings is 1. The molecule has 10 heavy (non-hydrogen) atoms. The van der Waals surface area contributed by atoms with Crippen LogP contribution in [0.4, 0.5) is 0 Å². The van der Waals surface area contributed by atoms with Gasteiger partial charge in [-0.2, -0.15) is 0 Å². The molecule has 0 aliphatic rings. The van der Waals surface area contributed by atoms with Crippen molar-refractivity contribution in [2.75, 3.05) is 0 Å². The molecule has 1 atom stereocenters. The molecular formula is C9H14O. The van der Waals surface area contributed by atoms with Crippen LogP contribution in [0.2, 0.25) is 0 Å². The van der Waals surface area contributed by atoms with E-state index in [1.807, 2.05) is 12.3 Å². The molecule has 1 heteroatoms. The molecule has 1 heterocycles. The first-order chi connectivity index (χ1) is 4.72. The Morgan fingerprint density at radius 1 is 1.30 bits per heavy atom. The molecule has 1 nitrogen and oxygen atoms in total. The van der Waals surface area contributed by atoms with Crippen LogP contribution in [-0.2, 0) is 0 Å². The van der Waals surface area contributed by atoms with Gasteiger partial charge in [-0.1, -0.05) is 20.8 Å². The van der Waals surface area contributed by atoms with Crippen molar-refractivity contribution < 1.29 is 4.42 Å². The highest BCUT2D eigenvalue weighted by Crippen LogP contribution is 2.23. The summed E-state index contributed by atoms with van der Waals surface area (Å²) in [6.45, 7) is 6.66. The summed E-state index contributed by atoms with van der Waals surface area (Å²) >= 11 is 0. The average Bonchev–Trinajstić information content (AvgIpc) is 2.36. The normalized spacial score (nSPS) is 14.0. The van der Waals surface area contributed by atoms with Crippen LogP contribution < -0.4 is 0 Å². The molecule has 1 rings (SSSR count). The average molecular weight is 138 g/mol. The Labute approximate surface area is 62.1 Å². The minimum atomic E-state index is 0.610. The lowest BCUT2D eigenvalue weighted by atomic mass is 9.93. The summed E-state index contributed by atoms with van der Waals surface area (Å²) in [6, 6.07) is 2.03. The quantitative estimate of drug-likeness (QED) is 0.612. The second kappa shape index (κ2) is 2.91. The summed E-state index contributed by atoms with van der Waals surface area (Å²) in [5.74, 6) is 1.30. The monoisotopic (exact) mass is 138 g/mol. The smallest absolute Gasteiger partial charge is 0.0937 e. The molecule has 0 saturated carbocycles. The zero-order chi connectivity index (χ0) is 7.56. The molecule has 0 saturated heterocycles. The molecule has 0 aliphatic heterocycles. The van der Waals surface area contributed by atoms with Gasteiger partial charge in [-0.05, 0) is 23.5 Å². The SMILES string of the molecule is CC(C)C(C)c1ccoc1. The van der Waals surface area contributed by atoms with Gasteiger partial charge in [-0.15, -0.1) is 0 Å². The van der Waals surface area contributed by atoms with Crippen LogP contribution in [0.15, 0.2) is 23.0 Å². The third-order valence-electron chi connectivity index (χ3n) is 2.07. The molecule has 0 spiro atoms. The maximum absolute atomic E-state index is 4.99. The molecule has 0 radical (unpaired) electrons. The first-order valence-corrected chi connectivity index (χ1v) is 3.74. The van der Waals surface area contributed by atoms with Gasteiger partial charge in [0.1, 0.15) is 0 Å². The van der Waals surface area contributed by atoms with Crippen molar-refractivity contribution in [1.29, 1.82) is 0 Å². The summed E-state index contributed by atoms with van der Waals surface area (Å²) in [7, 11) is 0. The van der Waals surface area contributed by atoms with E-state index in [4.69, 9.17) is 4.42 Å². The van der Waals surface area contributed by atoms with Gasteiger partial charge in [0.15, 0.2) is 0 Å². The summed E-state index contributed by atoms with van der Waals surface area (Å²) in [5, 5.41) is 0. The van der Waals surface area contributed by atoms with Crippen molar-refractivity contribution in [3.63, 3.8) is 0 Å². The molecule has 0 aromatic carbocycles. The van der Waals surface area contributed by atoms with Crippen LogP contribution in [-0.4, -0.2) is 0 Å². The van der Waals surface area contributed by atoms with Gasteiger partial charge in [0.05, 0.1) is 12.5 Å². The lowest BCUT2D eigenvalue weighted by molar-refractivity contribution is 0.516. The Morgan fingerprint density at radius 2 is 2.00 bits per heavy atom. The van der Waals surface area contributed by atoms with Crippen LogP contribution in [0.25, 0.3) is 0 Å². The minimum Gasteiger partial charge on any atom is -0.472 e. The van der Waals surface area contributed by atoms with Crippen molar-refractivity contribution >= 4 is 0 Å². The van der Waals surface area contributed by atoms with Gasteiger partial charge in [0, 0.05) is 0 Å². The molecule has 56 valence electrons. The number of hydrogen-bond donors (Lipinski definition) is 0. The van der Waals surface area contributed by atoms with Crippen LogP contribution in [0.5, 0.6) is 0 Å². The van der Waals surface area contributed by atoms with Crippen LogP contribution in [0.1, 0.15) is 32.3 Å². The maximum atomic E-state index is 4.99. The van der Waals surface area contributed by atoms with Crippen LogP contribution in [0, 0.1) is 5.92 Å². The topological polar surface area (TPSA) is 13.1 Å². The first kappa shape index (κ1) is 7.39. The van der Waals surface area contributed by atoms with Crippen molar-refractivity contribution in [3.8, 4) is 0 Å². The number of rotatable bonds is 2. The second-order valence-electron chi connectivity index (χ2n) is 3.09. The lowest BCUT2D eigenvalue weighted by Crippen LogP contribution is -1.99. The minimum absolute atomic E-state index is 0.610. The summed E-state index contributed by atoms with van der Waals surface area (Å²) in [4.78, 5) is 0. The molecular weight excluding hydrogens is 124 g/mol. The highest BCUT2D eigenvalue weighted by Gasteiger charge is 2.09. The van der Waals surface area contributed by atoms with E-state index in [-0.39, 0.29) is 0 Å². The third kappa shape index (κ3) is 1.41. The third-order valence-corrected chi connectivity index (χ3v) is 2.07. The molecule has 1 aromatic rings. The maximum Gasteiger partial charge on any atom is 0.0937 e. The molecule has 0 N–H and O–H groups in total. The van der Waals surface area contributed by atoms with Gasteiger partial charge < -0.3 is 4.42 Å². The van der Waals surface area contributed by atoms with E-state index in [9.17, 15) is 0 Å². The van der Waals surface area contributed by atoms with Crippen molar-refractivity contribution in [2.45, 2.75) is 26.7 Å². The van der Waals surface area contributed by atoms with E-state index in [1.165, 1.54) is 5.56 Å². The zero-order valence-corrected chi connectivity index (χ0v) is 6.79. The summed E-state index contributed by atoms with van der Waals surface area (Å²) in [5.41, 5.74) is 1.30. The predicted molar refractivity (Wildman–Crippen MR) is 42.0 cm³/mol. The fourth-order valence-corrected chi connectivity index (χ4v) is 0.919. The Morgan fingerprint density at radius 3 is 2.40 bits per heavy atom. The molecule has 0 amide bonds. The fourth-order valence-electron chi connectivity index (χ4n) is 0.919. The van der Waals surface area contributed by atoms with Crippen LogP contribution in [0.3, 0.4) is 0 Å². The van der Waals surface area contributed by atoms with E-state index in [1.54, 1.807) is 6.26 Å². The Kier molecular flexibility index (Phi) is 2.15. The van der Waals surface area contributed by atoms with E-state index >= 15 is 0 Å². The molecule has 0 fully saturated rings. The Hall–Kier alpha value is -0.720. The highest BCUT2D eigenvalue weighted by atomic mass is 16.3. The van der Waals surface area contributed by atoms with Crippen LogP contribution >= 0.6 is 0 Å². The largest absolute Gasteiger partial charge is 0.472 e. The lowest BCUT2D eigenvalue weighted by Gasteiger charge is -2.12. The molecule has 0 aliphatic carbocycles. The van der Waals surface area contributed by atoms with Gasteiger partial charge in [-0.3, -0.25) is 0 Å². The molecule has 1 aromatic heterocycles. The van der Waals surface area contributed by atoms with E-state index in [2.05, 4.69) is 20.8 Å². The second-order valence-corrected chi connectivity index (χ2v) is 3.09. The standard InChI is InChI=1S/C9H14O/c1-7(2)8(3)9-4-5-10-6-9/h4-8H,1-3H3. The van der Waals surface area contributed by atoms with Crippen molar-refractivity contribution in [2.24, 2.45) is 5.92 Å². The number of hydrogen-bond acceptors (Lipinski definition) is 1. The predicted octanol–water partition coefficient (Wildman–Crippen LogP) is 3.04. The molecule has 0 bridgehead atoms. The Bertz CT molecular complexity index is 175. The van der Waals surface area contributed by atoms with Gasteiger partial charge in [0.2, 0.25) is 0 Å². The highest BCUT2D eigenvalue weighted by molar-refractivity contribution is 5.11. The molecule has 1 unspecified atom stereocenters. The van der Waals surface area contributed by atoms with Gasteiger partial charge >= 0.3 is 0 Å². The van der Waals surface area contributed by atoms with Crippen molar-refractivity contribution in [1.82, 2.24) is 0 Å². The van der Waals surface area contributed by atoms with E-state index in [0.29, 0.717) is 11.8 Å². The summed E-state index contributed by atoms with van der Waals surface area (Å²) in [6.07, 6.45) is 3.55. The Balaban J connectivity index is 2.68. The zero-order valence-electron chi connectivity index (χ0n) is 6.79.